The molecular weight excluding hydrogens is 200 g/mol. The van der Waals surface area contributed by atoms with Crippen molar-refractivity contribution in [2.45, 2.75) is 12.8 Å². The van der Waals surface area contributed by atoms with Crippen LogP contribution < -0.4 is 9.64 Å². The summed E-state index contributed by atoms with van der Waals surface area (Å²) in [5.41, 5.74) is 3.67. The molecule has 0 N–H and O–H groups in total. The van der Waals surface area contributed by atoms with E-state index in [9.17, 15) is 0 Å². The monoisotopic (exact) mass is 212 g/mol. The third-order valence-electron chi connectivity index (χ3n) is 3.26. The van der Waals surface area contributed by atoms with Crippen LogP contribution in [0.3, 0.4) is 0 Å². The van der Waals surface area contributed by atoms with Crippen molar-refractivity contribution in [3.05, 3.63) is 35.1 Å². The number of allylic oxidation sites excluding steroid dienone is 2. The zero-order valence-corrected chi connectivity index (χ0v) is 9.16. The molecule has 0 aromatic heterocycles. The third-order valence-corrected chi connectivity index (χ3v) is 3.26. The highest BCUT2D eigenvalue weighted by Gasteiger charge is 2.24. The number of ether oxygens (including phenoxy) is 1. The van der Waals surface area contributed by atoms with Crippen LogP contribution in [-0.4, -0.2) is 13.6 Å². The molecule has 16 heavy (non-hydrogen) atoms. The van der Waals surface area contributed by atoms with E-state index < -0.39 is 0 Å². The Kier molecular flexibility index (Phi) is 1.90. The Labute approximate surface area is 94.6 Å². The van der Waals surface area contributed by atoms with Crippen molar-refractivity contribution >= 4 is 5.69 Å². The lowest BCUT2D eigenvalue weighted by atomic mass is 10.0. The van der Waals surface area contributed by atoms with Crippen LogP contribution in [0.25, 0.3) is 0 Å². The van der Waals surface area contributed by atoms with E-state index in [1.54, 1.807) is 0 Å². The molecule has 0 fully saturated rings. The topological polar surface area (TPSA) is 36.3 Å². The molecule has 3 nitrogen and oxygen atoms in total. The minimum absolute atomic E-state index is 0.426. The minimum Gasteiger partial charge on any atom is -0.446 e. The average molecular weight is 212 g/mol. The number of benzene rings is 1. The van der Waals surface area contributed by atoms with Gasteiger partial charge in [0, 0.05) is 24.8 Å². The van der Waals surface area contributed by atoms with Gasteiger partial charge in [-0.15, -0.1) is 0 Å². The first-order valence-corrected chi connectivity index (χ1v) is 5.43. The van der Waals surface area contributed by atoms with Gasteiger partial charge in [0.2, 0.25) is 0 Å². The molecule has 0 atom stereocenters. The van der Waals surface area contributed by atoms with Crippen LogP contribution in [0.2, 0.25) is 0 Å². The number of hydrogen-bond acceptors (Lipinski definition) is 3. The van der Waals surface area contributed by atoms with Crippen LogP contribution in [0, 0.1) is 11.3 Å². The van der Waals surface area contributed by atoms with E-state index in [1.807, 2.05) is 6.08 Å². The van der Waals surface area contributed by atoms with Crippen LogP contribution in [0.4, 0.5) is 5.69 Å². The molecule has 3 heteroatoms. The van der Waals surface area contributed by atoms with Gasteiger partial charge in [-0.05, 0) is 30.5 Å². The standard InChI is InChI=1S/C13H12N2O/c1-15-7-6-11-12(15)5-3-9-2-4-10(8-14)16-13(9)11/h3-5H,2,6-7H2,1H3. The van der Waals surface area contributed by atoms with Crippen LogP contribution in [-0.2, 0) is 12.8 Å². The number of rotatable bonds is 0. The van der Waals surface area contributed by atoms with E-state index in [0.717, 1.165) is 25.1 Å². The molecule has 0 saturated heterocycles. The highest BCUT2D eigenvalue weighted by Crippen LogP contribution is 2.39. The van der Waals surface area contributed by atoms with Crippen molar-refractivity contribution in [2.24, 2.45) is 0 Å². The Hall–Kier alpha value is -1.95. The second-order valence-corrected chi connectivity index (χ2v) is 4.21. The predicted octanol–water partition coefficient (Wildman–Crippen LogP) is 2.02. The average Bonchev–Trinajstić information content (AvgIpc) is 2.71. The number of likely N-dealkylation sites (N-methyl/N-ethyl adjacent to an activating group) is 1. The first kappa shape index (κ1) is 9.29. The van der Waals surface area contributed by atoms with Crippen molar-refractivity contribution in [3.63, 3.8) is 0 Å². The molecule has 0 aliphatic carbocycles. The fraction of sp³-hybridized carbons (Fsp3) is 0.308. The van der Waals surface area contributed by atoms with Crippen LogP contribution in [0.15, 0.2) is 24.0 Å². The van der Waals surface area contributed by atoms with E-state index in [-0.39, 0.29) is 0 Å². The van der Waals surface area contributed by atoms with Gasteiger partial charge in [0.1, 0.15) is 11.8 Å². The fourth-order valence-corrected chi connectivity index (χ4v) is 2.38. The molecule has 0 unspecified atom stereocenters. The van der Waals surface area contributed by atoms with E-state index in [0.29, 0.717) is 5.76 Å². The highest BCUT2D eigenvalue weighted by atomic mass is 16.5. The first-order valence-electron chi connectivity index (χ1n) is 5.43. The molecular formula is C13H12N2O. The Bertz CT molecular complexity index is 525. The Morgan fingerprint density at radius 2 is 2.31 bits per heavy atom. The molecule has 0 bridgehead atoms. The summed E-state index contributed by atoms with van der Waals surface area (Å²) in [6.07, 6.45) is 3.65. The van der Waals surface area contributed by atoms with Gasteiger partial charge >= 0.3 is 0 Å². The van der Waals surface area contributed by atoms with Crippen molar-refractivity contribution in [1.82, 2.24) is 0 Å². The van der Waals surface area contributed by atoms with Crippen molar-refractivity contribution < 1.29 is 4.74 Å². The van der Waals surface area contributed by atoms with Crippen LogP contribution in [0.5, 0.6) is 5.75 Å². The summed E-state index contributed by atoms with van der Waals surface area (Å²) in [6.45, 7) is 1.03. The minimum atomic E-state index is 0.426. The number of hydrogen-bond donors (Lipinski definition) is 0. The molecule has 1 aromatic carbocycles. The summed E-state index contributed by atoms with van der Waals surface area (Å²) in [6, 6.07) is 6.32. The third kappa shape index (κ3) is 1.20. The number of anilines is 1. The van der Waals surface area contributed by atoms with Gasteiger partial charge in [0.15, 0.2) is 5.76 Å². The summed E-state index contributed by atoms with van der Waals surface area (Å²) in [5, 5.41) is 8.86. The molecule has 0 spiro atoms. The number of fused-ring (bicyclic) bond motifs is 3. The van der Waals surface area contributed by atoms with E-state index >= 15 is 0 Å². The molecule has 0 radical (unpaired) electrons. The lowest BCUT2D eigenvalue weighted by Crippen LogP contribution is -2.12. The highest BCUT2D eigenvalue weighted by molar-refractivity contribution is 5.66. The smallest absolute Gasteiger partial charge is 0.200 e. The van der Waals surface area contributed by atoms with E-state index in [1.165, 1.54) is 16.8 Å². The zero-order chi connectivity index (χ0) is 11.1. The molecule has 0 amide bonds. The lowest BCUT2D eigenvalue weighted by molar-refractivity contribution is 0.428. The summed E-state index contributed by atoms with van der Waals surface area (Å²) < 4.78 is 5.65. The molecule has 1 aromatic rings. The van der Waals surface area contributed by atoms with Crippen LogP contribution >= 0.6 is 0 Å². The largest absolute Gasteiger partial charge is 0.446 e. The van der Waals surface area contributed by atoms with E-state index in [4.69, 9.17) is 10.00 Å². The number of nitriles is 1. The zero-order valence-electron chi connectivity index (χ0n) is 9.16. The predicted molar refractivity (Wildman–Crippen MR) is 61.4 cm³/mol. The maximum absolute atomic E-state index is 8.86. The van der Waals surface area contributed by atoms with Gasteiger partial charge < -0.3 is 9.64 Å². The molecule has 0 saturated carbocycles. The molecule has 2 aliphatic rings. The maximum atomic E-state index is 8.86. The molecule has 3 rings (SSSR count). The van der Waals surface area contributed by atoms with Gasteiger partial charge in [-0.1, -0.05) is 6.07 Å². The first-order chi connectivity index (χ1) is 7.79. The SMILES string of the molecule is CN1CCc2c1ccc1c2OC(C#N)=CC1. The summed E-state index contributed by atoms with van der Waals surface area (Å²) in [5.74, 6) is 1.34. The second-order valence-electron chi connectivity index (χ2n) is 4.21. The van der Waals surface area contributed by atoms with Gasteiger partial charge in [-0.2, -0.15) is 5.26 Å². The second kappa shape index (κ2) is 3.28. The van der Waals surface area contributed by atoms with Gasteiger partial charge in [-0.3, -0.25) is 0 Å². The summed E-state index contributed by atoms with van der Waals surface area (Å²) in [4.78, 5) is 2.23. The van der Waals surface area contributed by atoms with Gasteiger partial charge in [0.05, 0.1) is 0 Å². The van der Waals surface area contributed by atoms with Gasteiger partial charge in [-0.25, -0.2) is 0 Å². The summed E-state index contributed by atoms with van der Waals surface area (Å²) >= 11 is 0. The molecule has 2 aliphatic heterocycles. The Morgan fingerprint density at radius 1 is 1.44 bits per heavy atom. The number of nitrogens with zero attached hydrogens (tertiary/aromatic N) is 2. The molecule has 2 heterocycles. The summed E-state index contributed by atoms with van der Waals surface area (Å²) in [7, 11) is 2.09. The fourth-order valence-electron chi connectivity index (χ4n) is 2.38. The van der Waals surface area contributed by atoms with Crippen LogP contribution in [0.1, 0.15) is 11.1 Å². The lowest BCUT2D eigenvalue weighted by Gasteiger charge is -2.19. The van der Waals surface area contributed by atoms with Gasteiger partial charge in [0.25, 0.3) is 0 Å². The quantitative estimate of drug-likeness (QED) is 0.660. The molecule has 80 valence electrons. The van der Waals surface area contributed by atoms with E-state index in [2.05, 4.69) is 30.1 Å². The maximum Gasteiger partial charge on any atom is 0.200 e. The Balaban J connectivity index is 2.11. The van der Waals surface area contributed by atoms with Crippen molar-refractivity contribution in [2.75, 3.05) is 18.5 Å². The van der Waals surface area contributed by atoms with Crippen molar-refractivity contribution in [3.8, 4) is 11.8 Å². The normalized spacial score (nSPS) is 17.0. The Morgan fingerprint density at radius 3 is 3.12 bits per heavy atom. The van der Waals surface area contributed by atoms with Crippen molar-refractivity contribution in [1.29, 1.82) is 5.26 Å².